The normalized spacial score (nSPS) is 40.3. The molecule has 3 fully saturated rings. The van der Waals surface area contributed by atoms with Gasteiger partial charge >= 0.3 is 11.9 Å². The molecule has 7 unspecified atom stereocenters. The zero-order valence-corrected chi connectivity index (χ0v) is 24.6. The molecule has 10 atom stereocenters. The van der Waals surface area contributed by atoms with Crippen molar-refractivity contribution >= 4 is 17.7 Å². The molecule has 2 saturated carbocycles. The number of aliphatic hydroxyl groups is 4. The molecule has 2 bridgehead atoms. The summed E-state index contributed by atoms with van der Waals surface area (Å²) in [4.78, 5) is 39.7. The molecule has 4 aliphatic rings. The van der Waals surface area contributed by atoms with Crippen LogP contribution in [0.15, 0.2) is 41.5 Å². The van der Waals surface area contributed by atoms with Crippen LogP contribution in [-0.4, -0.2) is 86.5 Å². The molecule has 11 heteroatoms. The molecule has 1 aromatic carbocycles. The number of carbonyl (C=O) groups is 3. The fourth-order valence-electron chi connectivity index (χ4n) is 7.94. The number of carbonyl (C=O) groups excluding carboxylic acids is 3. The molecule has 5 rings (SSSR count). The molecular formula is C31H41NO10. The first kappa shape index (κ1) is 30.8. The summed E-state index contributed by atoms with van der Waals surface area (Å²) in [5, 5.41) is 46.2. The molecule has 1 aliphatic heterocycles. The summed E-state index contributed by atoms with van der Waals surface area (Å²) in [7, 11) is 0. The number of ether oxygens (including phenoxy) is 3. The Hall–Kier alpha value is -2.67. The van der Waals surface area contributed by atoms with Gasteiger partial charge in [-0.2, -0.15) is 0 Å². The van der Waals surface area contributed by atoms with Crippen LogP contribution < -0.4 is 5.73 Å². The molecule has 1 heterocycles. The van der Waals surface area contributed by atoms with Crippen LogP contribution in [0.4, 0.5) is 0 Å². The number of benzene rings is 1. The number of nitrogens with two attached hydrogens (primary N) is 1. The first-order valence-electron chi connectivity index (χ1n) is 14.4. The van der Waals surface area contributed by atoms with Crippen LogP contribution in [0.2, 0.25) is 0 Å². The van der Waals surface area contributed by atoms with Crippen molar-refractivity contribution in [2.45, 2.75) is 102 Å². The van der Waals surface area contributed by atoms with Gasteiger partial charge in [0, 0.05) is 31.1 Å². The van der Waals surface area contributed by atoms with E-state index >= 15 is 0 Å². The predicted molar refractivity (Wildman–Crippen MR) is 147 cm³/mol. The van der Waals surface area contributed by atoms with Gasteiger partial charge in [0.25, 0.3) is 0 Å². The van der Waals surface area contributed by atoms with Gasteiger partial charge in [-0.05, 0) is 37.0 Å². The predicted octanol–water partition coefficient (Wildman–Crippen LogP) is 0.858. The first-order chi connectivity index (χ1) is 19.5. The van der Waals surface area contributed by atoms with E-state index in [9.17, 15) is 34.8 Å². The van der Waals surface area contributed by atoms with Crippen molar-refractivity contribution in [2.24, 2.45) is 22.5 Å². The van der Waals surface area contributed by atoms with Crippen LogP contribution in [0.25, 0.3) is 0 Å². The second-order valence-electron chi connectivity index (χ2n) is 13.2. The Morgan fingerprint density at radius 3 is 2.33 bits per heavy atom. The number of hydrogen-bond donors (Lipinski definition) is 5. The van der Waals surface area contributed by atoms with Crippen molar-refractivity contribution in [1.29, 1.82) is 0 Å². The van der Waals surface area contributed by atoms with Gasteiger partial charge in [0.15, 0.2) is 17.5 Å². The van der Waals surface area contributed by atoms with E-state index in [1.54, 1.807) is 58.0 Å². The number of aliphatic hydroxyl groups excluding tert-OH is 3. The summed E-state index contributed by atoms with van der Waals surface area (Å²) in [6, 6.07) is 7.50. The number of fused-ring (bicyclic) bond motifs is 5. The molecule has 0 aromatic heterocycles. The van der Waals surface area contributed by atoms with E-state index < -0.39 is 82.2 Å². The molecule has 0 amide bonds. The van der Waals surface area contributed by atoms with E-state index in [0.29, 0.717) is 11.1 Å². The van der Waals surface area contributed by atoms with E-state index in [-0.39, 0.29) is 31.4 Å². The van der Waals surface area contributed by atoms with Crippen molar-refractivity contribution in [2.75, 3.05) is 6.61 Å². The lowest BCUT2D eigenvalue weighted by Crippen LogP contribution is -2.77. The summed E-state index contributed by atoms with van der Waals surface area (Å²) in [6.07, 6.45) is -6.79. The first-order valence-corrected chi connectivity index (χ1v) is 14.4. The van der Waals surface area contributed by atoms with Gasteiger partial charge in [-0.3, -0.25) is 9.59 Å². The second kappa shape index (κ2) is 10.2. The number of ketones is 1. The molecule has 3 aliphatic carbocycles. The number of rotatable bonds is 5. The van der Waals surface area contributed by atoms with Crippen LogP contribution in [0.1, 0.15) is 65.5 Å². The third kappa shape index (κ3) is 4.28. The molecule has 42 heavy (non-hydrogen) atoms. The number of hydrogen-bond acceptors (Lipinski definition) is 11. The SMILES string of the molecule is CC(=O)O[C@@]12COC1CC(O)C1(C)C(=O)C(O)C3=C(C)[C@@H](OC(=O)[C@H](O)C(N)c4ccccc4)CC(O)(CC12)C3(C)C. The summed E-state index contributed by atoms with van der Waals surface area (Å²) in [5.41, 5.74) is 1.41. The van der Waals surface area contributed by atoms with Crippen molar-refractivity contribution in [3.8, 4) is 0 Å². The molecular weight excluding hydrogens is 546 g/mol. The lowest BCUT2D eigenvalue weighted by molar-refractivity contribution is -0.327. The third-order valence-corrected chi connectivity index (χ3v) is 10.7. The quantitative estimate of drug-likeness (QED) is 0.243. The average molecular weight is 588 g/mol. The Morgan fingerprint density at radius 1 is 1.12 bits per heavy atom. The van der Waals surface area contributed by atoms with Gasteiger partial charge in [-0.25, -0.2) is 4.79 Å². The average Bonchev–Trinajstić information content (AvgIpc) is 2.93. The highest BCUT2D eigenvalue weighted by Gasteiger charge is 2.73. The van der Waals surface area contributed by atoms with E-state index in [2.05, 4.69) is 0 Å². The summed E-state index contributed by atoms with van der Waals surface area (Å²) in [5.74, 6) is -3.23. The Bertz CT molecular complexity index is 1310. The Labute approximate surface area is 244 Å². The summed E-state index contributed by atoms with van der Waals surface area (Å²) >= 11 is 0. The number of Topliss-reactive ketones (excluding diaryl/α,β-unsaturated/α-hetero) is 1. The zero-order valence-electron chi connectivity index (χ0n) is 24.6. The largest absolute Gasteiger partial charge is 0.456 e. The van der Waals surface area contributed by atoms with Crippen molar-refractivity contribution in [1.82, 2.24) is 0 Å². The maximum Gasteiger partial charge on any atom is 0.337 e. The van der Waals surface area contributed by atoms with Gasteiger partial charge in [0.1, 0.15) is 18.3 Å². The van der Waals surface area contributed by atoms with Gasteiger partial charge < -0.3 is 40.4 Å². The fraction of sp³-hybridized carbons (Fsp3) is 0.645. The standard InChI is InChI=1S/C31H41NO10/c1-15-18(41-27(38)25(36)23(32)17-9-7-6-8-10-17)12-30(39)13-19-29(5,26(37)24(35)22(15)28(30,3)4)20(34)11-21-31(19,14-40-21)42-16(2)33/h6-10,18-21,23-25,34-36,39H,11-14,32H2,1-5H3/t18-,19?,20?,21?,23?,24?,25+,29?,30?,31+/m0/s1. The lowest BCUT2D eigenvalue weighted by atomic mass is 9.46. The Balaban J connectivity index is 1.56. The van der Waals surface area contributed by atoms with Crippen molar-refractivity contribution < 1.29 is 49.0 Å². The highest BCUT2D eigenvalue weighted by molar-refractivity contribution is 5.93. The van der Waals surface area contributed by atoms with E-state index in [1.165, 1.54) is 6.92 Å². The molecule has 6 N–H and O–H groups in total. The van der Waals surface area contributed by atoms with Gasteiger partial charge in [0.05, 0.1) is 29.8 Å². The number of esters is 2. The Kier molecular flexibility index (Phi) is 7.48. The summed E-state index contributed by atoms with van der Waals surface area (Å²) in [6.45, 7) is 7.78. The van der Waals surface area contributed by atoms with E-state index in [1.807, 2.05) is 0 Å². The zero-order chi connectivity index (χ0) is 31.0. The van der Waals surface area contributed by atoms with Crippen LogP contribution >= 0.6 is 0 Å². The van der Waals surface area contributed by atoms with Gasteiger partial charge in [-0.1, -0.05) is 44.2 Å². The van der Waals surface area contributed by atoms with Crippen molar-refractivity contribution in [3.63, 3.8) is 0 Å². The topological polar surface area (TPSA) is 186 Å². The summed E-state index contributed by atoms with van der Waals surface area (Å²) < 4.78 is 17.3. The lowest BCUT2D eigenvalue weighted by Gasteiger charge is -2.65. The van der Waals surface area contributed by atoms with Gasteiger partial charge in [-0.15, -0.1) is 0 Å². The fourth-order valence-corrected chi connectivity index (χ4v) is 7.94. The smallest absolute Gasteiger partial charge is 0.337 e. The molecule has 230 valence electrons. The monoisotopic (exact) mass is 587 g/mol. The Morgan fingerprint density at radius 2 is 1.76 bits per heavy atom. The highest BCUT2D eigenvalue weighted by atomic mass is 16.6. The molecule has 0 spiro atoms. The molecule has 1 saturated heterocycles. The van der Waals surface area contributed by atoms with Crippen molar-refractivity contribution in [3.05, 3.63) is 47.0 Å². The maximum atomic E-state index is 14.2. The molecule has 11 nitrogen and oxygen atoms in total. The minimum absolute atomic E-state index is 0.0123. The van der Waals surface area contributed by atoms with E-state index in [4.69, 9.17) is 19.9 Å². The minimum atomic E-state index is -1.76. The maximum absolute atomic E-state index is 14.2. The van der Waals surface area contributed by atoms with Crippen LogP contribution in [0.3, 0.4) is 0 Å². The van der Waals surface area contributed by atoms with Gasteiger partial charge in [0.2, 0.25) is 0 Å². The molecule has 1 aromatic rings. The third-order valence-electron chi connectivity index (χ3n) is 10.7. The van der Waals surface area contributed by atoms with Crippen LogP contribution in [0, 0.1) is 16.7 Å². The minimum Gasteiger partial charge on any atom is -0.456 e. The van der Waals surface area contributed by atoms with Crippen LogP contribution in [0.5, 0.6) is 0 Å². The highest BCUT2D eigenvalue weighted by Crippen LogP contribution is 2.63. The van der Waals surface area contributed by atoms with Crippen LogP contribution in [-0.2, 0) is 28.6 Å². The van der Waals surface area contributed by atoms with E-state index in [0.717, 1.165) is 0 Å². The second-order valence-corrected chi connectivity index (χ2v) is 13.2. The molecule has 0 radical (unpaired) electrons.